The normalized spacial score (nSPS) is 12.9. The highest BCUT2D eigenvalue weighted by atomic mass is 16.2. The van der Waals surface area contributed by atoms with Crippen molar-refractivity contribution in [2.75, 3.05) is 35.8 Å². The molecule has 4 heteroatoms. The van der Waals surface area contributed by atoms with Gasteiger partial charge in [-0.1, -0.05) is 12.1 Å². The van der Waals surface area contributed by atoms with Gasteiger partial charge in [-0.05, 0) is 47.9 Å². The van der Waals surface area contributed by atoms with Gasteiger partial charge in [0.2, 0.25) is 5.91 Å². The van der Waals surface area contributed by atoms with Crippen molar-refractivity contribution >= 4 is 23.0 Å². The molecule has 0 radical (unpaired) electrons. The fourth-order valence-corrected chi connectivity index (χ4v) is 2.95. The second kappa shape index (κ2) is 6.32. The first-order valence-corrected chi connectivity index (χ1v) is 7.96. The average molecular weight is 309 g/mol. The van der Waals surface area contributed by atoms with Crippen LogP contribution < -0.4 is 15.1 Å². The summed E-state index contributed by atoms with van der Waals surface area (Å²) in [5.41, 5.74) is 5.86. The highest BCUT2D eigenvalue weighted by Gasteiger charge is 2.21. The molecular formula is C19H23N3O. The Bertz CT molecular complexity index is 707. The molecule has 0 aliphatic carbocycles. The van der Waals surface area contributed by atoms with Crippen LogP contribution in [0.25, 0.3) is 0 Å². The van der Waals surface area contributed by atoms with E-state index in [1.807, 2.05) is 31.1 Å². The predicted octanol–water partition coefficient (Wildman–Crippen LogP) is 3.27. The minimum Gasteiger partial charge on any atom is -0.381 e. The number of benzene rings is 2. The number of hydrogen-bond donors (Lipinski definition) is 1. The molecule has 2 aromatic rings. The topological polar surface area (TPSA) is 35.6 Å². The summed E-state index contributed by atoms with van der Waals surface area (Å²) in [5.74, 6) is 0.116. The Morgan fingerprint density at radius 1 is 1.17 bits per heavy atom. The lowest BCUT2D eigenvalue weighted by Crippen LogP contribution is -2.25. The smallest absolute Gasteiger partial charge is 0.223 e. The largest absolute Gasteiger partial charge is 0.381 e. The first kappa shape index (κ1) is 15.4. The Hall–Kier alpha value is -2.49. The minimum absolute atomic E-state index is 0.116. The highest BCUT2D eigenvalue weighted by molar-refractivity contribution is 5.94. The van der Waals surface area contributed by atoms with Crippen LogP contribution in [0.3, 0.4) is 0 Å². The highest BCUT2D eigenvalue weighted by Crippen LogP contribution is 2.30. The second-order valence-corrected chi connectivity index (χ2v) is 6.18. The van der Waals surface area contributed by atoms with Gasteiger partial charge >= 0.3 is 0 Å². The summed E-state index contributed by atoms with van der Waals surface area (Å²) in [5, 5.41) is 3.47. The quantitative estimate of drug-likeness (QED) is 0.941. The third kappa shape index (κ3) is 3.31. The molecule has 4 nitrogen and oxygen atoms in total. The van der Waals surface area contributed by atoms with Gasteiger partial charge in [0.05, 0.1) is 0 Å². The fourth-order valence-electron chi connectivity index (χ4n) is 2.95. The lowest BCUT2D eigenvalue weighted by Gasteiger charge is -2.15. The van der Waals surface area contributed by atoms with Crippen LogP contribution in [0, 0.1) is 0 Å². The number of nitrogens with one attached hydrogen (secondary N) is 1. The number of nitrogens with zero attached hydrogens (tertiary/aromatic N) is 2. The molecule has 23 heavy (non-hydrogen) atoms. The van der Waals surface area contributed by atoms with Gasteiger partial charge in [-0.25, -0.2) is 0 Å². The third-order valence-corrected chi connectivity index (χ3v) is 4.30. The van der Waals surface area contributed by atoms with E-state index in [9.17, 15) is 4.79 Å². The number of fused-ring (bicyclic) bond motifs is 1. The van der Waals surface area contributed by atoms with Crippen molar-refractivity contribution < 1.29 is 4.79 Å². The Morgan fingerprint density at radius 2 is 1.91 bits per heavy atom. The van der Waals surface area contributed by atoms with E-state index in [1.54, 1.807) is 6.92 Å². The van der Waals surface area contributed by atoms with Crippen molar-refractivity contribution in [2.24, 2.45) is 0 Å². The number of carbonyl (C=O) groups is 1. The number of carbonyl (C=O) groups excluding carboxylic acids is 1. The van der Waals surface area contributed by atoms with E-state index in [0.717, 1.165) is 30.9 Å². The molecule has 1 heterocycles. The lowest BCUT2D eigenvalue weighted by molar-refractivity contribution is -0.116. The van der Waals surface area contributed by atoms with E-state index in [1.165, 1.54) is 16.8 Å². The Balaban J connectivity index is 1.66. The number of hydrogen-bond acceptors (Lipinski definition) is 3. The van der Waals surface area contributed by atoms with Gasteiger partial charge in [0.25, 0.3) is 0 Å². The van der Waals surface area contributed by atoms with Crippen LogP contribution in [-0.2, 0) is 17.8 Å². The molecule has 1 amide bonds. The summed E-state index contributed by atoms with van der Waals surface area (Å²) in [7, 11) is 4.09. The van der Waals surface area contributed by atoms with Gasteiger partial charge < -0.3 is 15.1 Å². The van der Waals surface area contributed by atoms with Crippen LogP contribution in [0.15, 0.2) is 42.5 Å². The summed E-state index contributed by atoms with van der Waals surface area (Å²) >= 11 is 0. The van der Waals surface area contributed by atoms with Crippen molar-refractivity contribution in [3.8, 4) is 0 Å². The number of amides is 1. The Labute approximate surface area is 137 Å². The molecule has 0 unspecified atom stereocenters. The van der Waals surface area contributed by atoms with Gasteiger partial charge in [-0.3, -0.25) is 4.79 Å². The van der Waals surface area contributed by atoms with Crippen LogP contribution in [0.2, 0.25) is 0 Å². The van der Waals surface area contributed by atoms with Gasteiger partial charge in [0.15, 0.2) is 0 Å². The molecule has 0 atom stereocenters. The molecule has 3 rings (SSSR count). The van der Waals surface area contributed by atoms with E-state index < -0.39 is 0 Å². The summed E-state index contributed by atoms with van der Waals surface area (Å²) in [6.45, 7) is 3.21. The molecule has 0 fully saturated rings. The summed E-state index contributed by atoms with van der Waals surface area (Å²) in [4.78, 5) is 15.5. The molecule has 0 aromatic heterocycles. The first-order chi connectivity index (χ1) is 11.0. The second-order valence-electron chi connectivity index (χ2n) is 6.18. The lowest BCUT2D eigenvalue weighted by atomic mass is 10.1. The zero-order chi connectivity index (χ0) is 16.4. The molecule has 0 bridgehead atoms. The molecule has 1 aliphatic heterocycles. The first-order valence-electron chi connectivity index (χ1n) is 7.96. The van der Waals surface area contributed by atoms with Crippen LogP contribution >= 0.6 is 0 Å². The summed E-state index contributed by atoms with van der Waals surface area (Å²) in [6.07, 6.45) is 0.933. The molecule has 0 spiro atoms. The Morgan fingerprint density at radius 3 is 2.57 bits per heavy atom. The maximum atomic E-state index is 11.6. The monoisotopic (exact) mass is 309 g/mol. The zero-order valence-electron chi connectivity index (χ0n) is 14.0. The maximum Gasteiger partial charge on any atom is 0.223 e. The molecule has 120 valence electrons. The average Bonchev–Trinajstić information content (AvgIpc) is 2.96. The van der Waals surface area contributed by atoms with Crippen LogP contribution in [-0.4, -0.2) is 26.5 Å². The SMILES string of the molecule is CC(=O)N1CCc2cc(NCc3ccc(N(C)C)cc3)ccc21. The third-order valence-electron chi connectivity index (χ3n) is 4.30. The van der Waals surface area contributed by atoms with Gasteiger partial charge in [-0.15, -0.1) is 0 Å². The Kier molecular flexibility index (Phi) is 4.24. The van der Waals surface area contributed by atoms with E-state index in [-0.39, 0.29) is 5.91 Å². The standard InChI is InChI=1S/C19H23N3O/c1-14(23)22-11-10-16-12-17(6-9-19(16)22)20-13-15-4-7-18(8-5-15)21(2)3/h4-9,12,20H,10-11,13H2,1-3H3. The molecule has 1 N–H and O–H groups in total. The molecule has 0 saturated carbocycles. The number of rotatable bonds is 4. The van der Waals surface area contributed by atoms with Crippen LogP contribution in [0.1, 0.15) is 18.1 Å². The zero-order valence-corrected chi connectivity index (χ0v) is 14.0. The predicted molar refractivity (Wildman–Crippen MR) is 96.3 cm³/mol. The molecular weight excluding hydrogens is 286 g/mol. The summed E-state index contributed by atoms with van der Waals surface area (Å²) in [6, 6.07) is 14.8. The van der Waals surface area contributed by atoms with E-state index in [2.05, 4.69) is 40.5 Å². The molecule has 0 saturated heterocycles. The molecule has 1 aliphatic rings. The van der Waals surface area contributed by atoms with E-state index in [4.69, 9.17) is 0 Å². The van der Waals surface area contributed by atoms with Crippen molar-refractivity contribution in [2.45, 2.75) is 19.9 Å². The van der Waals surface area contributed by atoms with Crippen molar-refractivity contribution in [1.82, 2.24) is 0 Å². The van der Waals surface area contributed by atoms with E-state index in [0.29, 0.717) is 0 Å². The van der Waals surface area contributed by atoms with Crippen LogP contribution in [0.4, 0.5) is 17.1 Å². The van der Waals surface area contributed by atoms with Crippen molar-refractivity contribution in [3.05, 3.63) is 53.6 Å². The van der Waals surface area contributed by atoms with Gasteiger partial charge in [-0.2, -0.15) is 0 Å². The van der Waals surface area contributed by atoms with E-state index >= 15 is 0 Å². The van der Waals surface area contributed by atoms with Gasteiger partial charge in [0.1, 0.15) is 0 Å². The minimum atomic E-state index is 0.116. The van der Waals surface area contributed by atoms with Gasteiger partial charge in [0, 0.05) is 51.2 Å². The maximum absolute atomic E-state index is 11.6. The van der Waals surface area contributed by atoms with Crippen molar-refractivity contribution in [3.63, 3.8) is 0 Å². The van der Waals surface area contributed by atoms with Crippen LogP contribution in [0.5, 0.6) is 0 Å². The fraction of sp³-hybridized carbons (Fsp3) is 0.316. The number of anilines is 3. The molecule has 2 aromatic carbocycles. The van der Waals surface area contributed by atoms with Crippen molar-refractivity contribution in [1.29, 1.82) is 0 Å². The summed E-state index contributed by atoms with van der Waals surface area (Å²) < 4.78 is 0.